The van der Waals surface area contributed by atoms with E-state index in [-0.39, 0.29) is 5.78 Å². The second kappa shape index (κ2) is 4.20. The van der Waals surface area contributed by atoms with Gasteiger partial charge in [0.05, 0.1) is 24.2 Å². The monoisotopic (exact) mass is 257 g/mol. The molecule has 7 nitrogen and oxygen atoms in total. The predicted molar refractivity (Wildman–Crippen MR) is 67.6 cm³/mol. The molecule has 0 bridgehead atoms. The lowest BCUT2D eigenvalue weighted by Crippen LogP contribution is -2.01. The molecule has 1 N–H and O–H groups in total. The van der Waals surface area contributed by atoms with Crippen LogP contribution in [-0.4, -0.2) is 37.6 Å². The SMILES string of the molecule is COc1cnc(-n2cncn2)c2[nH]cc(C(C)=O)c12. The van der Waals surface area contributed by atoms with Crippen LogP contribution in [0.1, 0.15) is 17.3 Å². The van der Waals surface area contributed by atoms with Gasteiger partial charge in [0.15, 0.2) is 11.6 Å². The highest BCUT2D eigenvalue weighted by atomic mass is 16.5. The lowest BCUT2D eigenvalue weighted by Gasteiger charge is -2.06. The largest absolute Gasteiger partial charge is 0.494 e. The molecule has 3 aromatic heterocycles. The average molecular weight is 257 g/mol. The molecule has 3 rings (SSSR count). The van der Waals surface area contributed by atoms with E-state index in [0.29, 0.717) is 28.0 Å². The highest BCUT2D eigenvalue weighted by molar-refractivity contribution is 6.10. The van der Waals surface area contributed by atoms with Crippen molar-refractivity contribution >= 4 is 16.7 Å². The number of nitrogens with zero attached hydrogens (tertiary/aromatic N) is 4. The molecule has 96 valence electrons. The van der Waals surface area contributed by atoms with Gasteiger partial charge < -0.3 is 9.72 Å². The molecule has 7 heteroatoms. The van der Waals surface area contributed by atoms with Gasteiger partial charge in [-0.05, 0) is 6.92 Å². The number of rotatable bonds is 3. The Balaban J connectivity index is 2.36. The summed E-state index contributed by atoms with van der Waals surface area (Å²) in [5.74, 6) is 1.08. The van der Waals surface area contributed by atoms with E-state index in [1.54, 1.807) is 25.8 Å². The third kappa shape index (κ3) is 1.67. The molecule has 0 amide bonds. The maximum Gasteiger partial charge on any atom is 0.179 e. The van der Waals surface area contributed by atoms with E-state index in [1.165, 1.54) is 17.9 Å². The van der Waals surface area contributed by atoms with Gasteiger partial charge in [0.25, 0.3) is 0 Å². The second-order valence-corrected chi connectivity index (χ2v) is 4.00. The number of hydrogen-bond acceptors (Lipinski definition) is 5. The molecule has 0 unspecified atom stereocenters. The molecule has 0 atom stereocenters. The summed E-state index contributed by atoms with van der Waals surface area (Å²) in [5.41, 5.74) is 1.26. The van der Waals surface area contributed by atoms with E-state index < -0.39 is 0 Å². The Bertz CT molecular complexity index is 745. The van der Waals surface area contributed by atoms with Gasteiger partial charge in [-0.1, -0.05) is 0 Å². The molecule has 0 radical (unpaired) electrons. The first-order valence-electron chi connectivity index (χ1n) is 5.62. The van der Waals surface area contributed by atoms with Crippen LogP contribution in [-0.2, 0) is 0 Å². The van der Waals surface area contributed by atoms with Gasteiger partial charge in [0.1, 0.15) is 18.4 Å². The number of Topliss-reactive ketones (excluding diaryl/α,β-unsaturated/α-hetero) is 1. The highest BCUT2D eigenvalue weighted by Crippen LogP contribution is 2.31. The van der Waals surface area contributed by atoms with Crippen LogP contribution in [0.25, 0.3) is 16.7 Å². The molecule has 0 aliphatic rings. The smallest absolute Gasteiger partial charge is 0.179 e. The van der Waals surface area contributed by atoms with Crippen LogP contribution in [0.5, 0.6) is 5.75 Å². The molecule has 0 aromatic carbocycles. The standard InChI is InChI=1S/C12H11N5O2/c1-7(18)8-3-14-11-10(8)9(19-2)4-15-12(11)17-6-13-5-16-17/h3-6,14H,1-2H3. The van der Waals surface area contributed by atoms with Crippen molar-refractivity contribution < 1.29 is 9.53 Å². The van der Waals surface area contributed by atoms with E-state index in [1.807, 2.05) is 0 Å². The van der Waals surface area contributed by atoms with Crippen molar-refractivity contribution in [2.75, 3.05) is 7.11 Å². The summed E-state index contributed by atoms with van der Waals surface area (Å²) in [6, 6.07) is 0. The maximum atomic E-state index is 11.7. The van der Waals surface area contributed by atoms with E-state index in [0.717, 1.165) is 0 Å². The predicted octanol–water partition coefficient (Wildman–Crippen LogP) is 1.35. The molecule has 19 heavy (non-hydrogen) atoms. The van der Waals surface area contributed by atoms with Gasteiger partial charge in [0.2, 0.25) is 0 Å². The number of fused-ring (bicyclic) bond motifs is 1. The number of carbonyl (C=O) groups excluding carboxylic acids is 1. The number of ether oxygens (including phenoxy) is 1. The zero-order chi connectivity index (χ0) is 13.4. The van der Waals surface area contributed by atoms with Gasteiger partial charge >= 0.3 is 0 Å². The average Bonchev–Trinajstić information content (AvgIpc) is 3.06. The summed E-state index contributed by atoms with van der Waals surface area (Å²) >= 11 is 0. The minimum Gasteiger partial charge on any atom is -0.494 e. The van der Waals surface area contributed by atoms with Crippen molar-refractivity contribution in [1.29, 1.82) is 0 Å². The topological polar surface area (TPSA) is 85.7 Å². The number of pyridine rings is 1. The number of methoxy groups -OCH3 is 1. The molecule has 0 saturated heterocycles. The van der Waals surface area contributed by atoms with Crippen LogP contribution in [0.4, 0.5) is 0 Å². The zero-order valence-corrected chi connectivity index (χ0v) is 10.4. The molecule has 3 heterocycles. The Morgan fingerprint density at radius 3 is 2.95 bits per heavy atom. The maximum absolute atomic E-state index is 11.7. The molecular weight excluding hydrogens is 246 g/mol. The Labute approximate surface area is 108 Å². The van der Waals surface area contributed by atoms with Gasteiger partial charge in [-0.25, -0.2) is 14.6 Å². The first-order valence-corrected chi connectivity index (χ1v) is 5.62. The van der Waals surface area contributed by atoms with Crippen molar-refractivity contribution in [2.24, 2.45) is 0 Å². The summed E-state index contributed by atoms with van der Waals surface area (Å²) in [7, 11) is 1.54. The van der Waals surface area contributed by atoms with Crippen molar-refractivity contribution in [3.05, 3.63) is 30.6 Å². The Morgan fingerprint density at radius 2 is 2.32 bits per heavy atom. The third-order valence-corrected chi connectivity index (χ3v) is 2.89. The summed E-state index contributed by atoms with van der Waals surface area (Å²) in [6.45, 7) is 1.51. The summed E-state index contributed by atoms with van der Waals surface area (Å²) in [4.78, 5) is 22.9. The summed E-state index contributed by atoms with van der Waals surface area (Å²) in [6.07, 6.45) is 6.19. The van der Waals surface area contributed by atoms with Gasteiger partial charge in [-0.2, -0.15) is 5.10 Å². The third-order valence-electron chi connectivity index (χ3n) is 2.89. The van der Waals surface area contributed by atoms with Crippen LogP contribution in [0, 0.1) is 0 Å². The first kappa shape index (κ1) is 11.4. The van der Waals surface area contributed by atoms with E-state index >= 15 is 0 Å². The van der Waals surface area contributed by atoms with E-state index in [2.05, 4.69) is 20.1 Å². The van der Waals surface area contributed by atoms with Crippen molar-refractivity contribution in [1.82, 2.24) is 24.7 Å². The lowest BCUT2D eigenvalue weighted by molar-refractivity contribution is 0.101. The molecule has 0 saturated carbocycles. The zero-order valence-electron chi connectivity index (χ0n) is 10.4. The van der Waals surface area contributed by atoms with E-state index in [9.17, 15) is 4.79 Å². The van der Waals surface area contributed by atoms with Gasteiger partial charge in [-0.3, -0.25) is 4.79 Å². The Kier molecular flexibility index (Phi) is 2.52. The number of H-pyrrole nitrogens is 1. The fourth-order valence-corrected chi connectivity index (χ4v) is 2.03. The number of hydrogen-bond donors (Lipinski definition) is 1. The number of aromatic nitrogens is 5. The van der Waals surface area contributed by atoms with Gasteiger partial charge in [-0.15, -0.1) is 0 Å². The van der Waals surface area contributed by atoms with Crippen LogP contribution < -0.4 is 4.74 Å². The minimum atomic E-state index is -0.0414. The molecule has 0 spiro atoms. The fraction of sp³-hybridized carbons (Fsp3) is 0.167. The second-order valence-electron chi connectivity index (χ2n) is 4.00. The number of ketones is 1. The molecule has 0 aliphatic heterocycles. The minimum absolute atomic E-state index is 0.0414. The molecule has 0 aliphatic carbocycles. The molecule has 0 fully saturated rings. The first-order chi connectivity index (χ1) is 9.22. The van der Waals surface area contributed by atoms with Crippen LogP contribution >= 0.6 is 0 Å². The molecule has 3 aromatic rings. The molecular formula is C12H11N5O2. The van der Waals surface area contributed by atoms with Crippen LogP contribution in [0.2, 0.25) is 0 Å². The fourth-order valence-electron chi connectivity index (χ4n) is 2.03. The quantitative estimate of drug-likeness (QED) is 0.716. The van der Waals surface area contributed by atoms with Crippen LogP contribution in [0.15, 0.2) is 25.0 Å². The highest BCUT2D eigenvalue weighted by Gasteiger charge is 2.17. The Morgan fingerprint density at radius 1 is 1.47 bits per heavy atom. The normalized spacial score (nSPS) is 10.8. The Hall–Kier alpha value is -2.70. The summed E-state index contributed by atoms with van der Waals surface area (Å²) < 4.78 is 6.80. The van der Waals surface area contributed by atoms with E-state index in [4.69, 9.17) is 4.74 Å². The summed E-state index contributed by atoms with van der Waals surface area (Å²) in [5, 5.41) is 4.75. The van der Waals surface area contributed by atoms with Crippen molar-refractivity contribution in [2.45, 2.75) is 6.92 Å². The van der Waals surface area contributed by atoms with Crippen molar-refractivity contribution in [3.63, 3.8) is 0 Å². The number of carbonyl (C=O) groups is 1. The lowest BCUT2D eigenvalue weighted by atomic mass is 10.1. The number of nitrogens with one attached hydrogen (secondary N) is 1. The van der Waals surface area contributed by atoms with Crippen LogP contribution in [0.3, 0.4) is 0 Å². The van der Waals surface area contributed by atoms with Gasteiger partial charge in [0, 0.05) is 11.8 Å². The van der Waals surface area contributed by atoms with Crippen molar-refractivity contribution in [3.8, 4) is 11.6 Å². The number of aromatic amines is 1.